The van der Waals surface area contributed by atoms with E-state index in [-0.39, 0.29) is 29.3 Å². The highest BCUT2D eigenvalue weighted by molar-refractivity contribution is 7.89. The fourth-order valence-corrected chi connectivity index (χ4v) is 4.76. The van der Waals surface area contributed by atoms with E-state index < -0.39 is 33.8 Å². The Morgan fingerprint density at radius 3 is 2.37 bits per heavy atom. The lowest BCUT2D eigenvalue weighted by Crippen LogP contribution is -2.45. The van der Waals surface area contributed by atoms with Crippen LogP contribution < -0.4 is 9.64 Å². The Hall–Kier alpha value is -3.30. The Morgan fingerprint density at radius 1 is 1.17 bits per heavy atom. The molecule has 9 heteroatoms. The van der Waals surface area contributed by atoms with E-state index in [1.807, 2.05) is 0 Å². The van der Waals surface area contributed by atoms with Crippen LogP contribution >= 0.6 is 0 Å². The van der Waals surface area contributed by atoms with Gasteiger partial charge in [-0.25, -0.2) is 13.3 Å². The summed E-state index contributed by atoms with van der Waals surface area (Å²) in [6.07, 6.45) is 1.08. The zero-order valence-electron chi connectivity index (χ0n) is 16.2. The third-order valence-corrected chi connectivity index (χ3v) is 6.37. The molecule has 0 spiro atoms. The van der Waals surface area contributed by atoms with E-state index in [4.69, 9.17) is 4.74 Å². The van der Waals surface area contributed by atoms with E-state index in [0.29, 0.717) is 0 Å². The van der Waals surface area contributed by atoms with Gasteiger partial charge in [-0.2, -0.15) is 4.31 Å². The fourth-order valence-electron chi connectivity index (χ4n) is 3.19. The third-order valence-electron chi connectivity index (χ3n) is 4.49. The number of carbonyl (C=O) groups excluding carboxylic acids is 3. The SMILES string of the molecule is C=CCN(C1CC(=O)N(c2ccc(OC(C)=O)cc2)C1=O)S(=O)(=O)c1ccccc1. The lowest BCUT2D eigenvalue weighted by Gasteiger charge is -2.25. The zero-order chi connectivity index (χ0) is 21.9. The summed E-state index contributed by atoms with van der Waals surface area (Å²) < 4.78 is 32.1. The van der Waals surface area contributed by atoms with E-state index in [1.165, 1.54) is 49.4 Å². The highest BCUT2D eigenvalue weighted by Crippen LogP contribution is 2.30. The Kier molecular flexibility index (Phi) is 6.14. The van der Waals surface area contributed by atoms with Crippen LogP contribution in [0.4, 0.5) is 5.69 Å². The summed E-state index contributed by atoms with van der Waals surface area (Å²) >= 11 is 0. The number of hydrogen-bond donors (Lipinski definition) is 0. The Labute approximate surface area is 174 Å². The fraction of sp³-hybridized carbons (Fsp3) is 0.190. The van der Waals surface area contributed by atoms with Crippen molar-refractivity contribution in [2.24, 2.45) is 0 Å². The first kappa shape index (κ1) is 21.4. The van der Waals surface area contributed by atoms with Crippen molar-refractivity contribution in [2.45, 2.75) is 24.3 Å². The summed E-state index contributed by atoms with van der Waals surface area (Å²) in [6, 6.07) is 12.3. The highest BCUT2D eigenvalue weighted by atomic mass is 32.2. The summed E-state index contributed by atoms with van der Waals surface area (Å²) in [5.74, 6) is -1.41. The molecule has 1 saturated heterocycles. The van der Waals surface area contributed by atoms with E-state index in [0.717, 1.165) is 9.21 Å². The van der Waals surface area contributed by atoms with Crippen molar-refractivity contribution in [1.29, 1.82) is 0 Å². The van der Waals surface area contributed by atoms with Crippen LogP contribution in [0.1, 0.15) is 13.3 Å². The average molecular weight is 428 g/mol. The van der Waals surface area contributed by atoms with Gasteiger partial charge < -0.3 is 4.74 Å². The van der Waals surface area contributed by atoms with E-state index in [2.05, 4.69) is 6.58 Å². The van der Waals surface area contributed by atoms with Crippen LogP contribution in [0.25, 0.3) is 0 Å². The smallest absolute Gasteiger partial charge is 0.308 e. The second-order valence-corrected chi connectivity index (χ2v) is 8.44. The molecule has 1 heterocycles. The predicted octanol–water partition coefficient (Wildman–Crippen LogP) is 2.12. The molecule has 3 rings (SSSR count). The first-order chi connectivity index (χ1) is 14.3. The monoisotopic (exact) mass is 428 g/mol. The molecule has 30 heavy (non-hydrogen) atoms. The van der Waals surface area contributed by atoms with E-state index >= 15 is 0 Å². The van der Waals surface area contributed by atoms with E-state index in [1.54, 1.807) is 18.2 Å². The number of amides is 2. The Bertz CT molecular complexity index is 1080. The van der Waals surface area contributed by atoms with Crippen LogP contribution in [-0.4, -0.2) is 43.1 Å². The summed E-state index contributed by atoms with van der Waals surface area (Å²) in [5, 5.41) is 0. The quantitative estimate of drug-likeness (QED) is 0.290. The molecule has 8 nitrogen and oxygen atoms in total. The van der Waals surface area contributed by atoms with Gasteiger partial charge in [0.1, 0.15) is 11.8 Å². The number of benzene rings is 2. The van der Waals surface area contributed by atoms with Crippen molar-refractivity contribution in [3.05, 3.63) is 67.3 Å². The molecule has 0 radical (unpaired) electrons. The standard InChI is InChI=1S/C21H20N2O6S/c1-3-13-22(30(27,28)18-7-5-4-6-8-18)19-14-20(25)23(21(19)26)16-9-11-17(12-10-16)29-15(2)24/h3-12,19H,1,13-14H2,2H3. The van der Waals surface area contributed by atoms with Crippen LogP contribution in [0.15, 0.2) is 72.1 Å². The number of carbonyl (C=O) groups is 3. The number of imide groups is 1. The molecule has 1 aliphatic rings. The number of nitrogens with zero attached hydrogens (tertiary/aromatic N) is 2. The average Bonchev–Trinajstić information content (AvgIpc) is 3.00. The molecule has 0 aromatic heterocycles. The molecule has 1 aliphatic heterocycles. The summed E-state index contributed by atoms with van der Waals surface area (Å²) in [6.45, 7) is 4.71. The zero-order valence-corrected chi connectivity index (χ0v) is 17.0. The lowest BCUT2D eigenvalue weighted by atomic mass is 10.2. The van der Waals surface area contributed by atoms with Crippen molar-refractivity contribution in [3.63, 3.8) is 0 Å². The van der Waals surface area contributed by atoms with Crippen molar-refractivity contribution in [2.75, 3.05) is 11.4 Å². The first-order valence-corrected chi connectivity index (χ1v) is 10.5. The molecule has 156 valence electrons. The number of sulfonamides is 1. The van der Waals surface area contributed by atoms with Gasteiger partial charge in [0.25, 0.3) is 5.91 Å². The summed E-state index contributed by atoms with van der Waals surface area (Å²) in [7, 11) is -4.02. The van der Waals surface area contributed by atoms with Gasteiger partial charge in [-0.1, -0.05) is 24.3 Å². The second-order valence-electron chi connectivity index (χ2n) is 6.55. The molecule has 0 saturated carbocycles. The van der Waals surface area contributed by atoms with Crippen molar-refractivity contribution in [1.82, 2.24) is 4.31 Å². The van der Waals surface area contributed by atoms with Gasteiger partial charge in [0, 0.05) is 13.5 Å². The number of esters is 1. The topological polar surface area (TPSA) is 101 Å². The second kappa shape index (κ2) is 8.60. The summed E-state index contributed by atoms with van der Waals surface area (Å²) in [5.41, 5.74) is 0.263. The summed E-state index contributed by atoms with van der Waals surface area (Å²) in [4.78, 5) is 37.7. The van der Waals surface area contributed by atoms with Crippen molar-refractivity contribution >= 4 is 33.5 Å². The molecule has 2 aromatic rings. The minimum absolute atomic E-state index is 0.0243. The van der Waals surface area contributed by atoms with Gasteiger partial charge in [0.2, 0.25) is 15.9 Å². The molecule has 2 aromatic carbocycles. The predicted molar refractivity (Wildman–Crippen MR) is 109 cm³/mol. The molecule has 2 amide bonds. The largest absolute Gasteiger partial charge is 0.427 e. The van der Waals surface area contributed by atoms with Crippen LogP contribution in [0.5, 0.6) is 5.75 Å². The van der Waals surface area contributed by atoms with Crippen LogP contribution in [-0.2, 0) is 24.4 Å². The van der Waals surface area contributed by atoms with E-state index in [9.17, 15) is 22.8 Å². The lowest BCUT2D eigenvalue weighted by molar-refractivity contribution is -0.132. The Balaban J connectivity index is 1.91. The van der Waals surface area contributed by atoms with Crippen LogP contribution in [0, 0.1) is 0 Å². The third kappa shape index (κ3) is 4.17. The number of hydrogen-bond acceptors (Lipinski definition) is 6. The Morgan fingerprint density at radius 2 is 1.80 bits per heavy atom. The van der Waals surface area contributed by atoms with Gasteiger partial charge in [-0.15, -0.1) is 6.58 Å². The molecule has 0 N–H and O–H groups in total. The molecule has 1 unspecified atom stereocenters. The van der Waals surface area contributed by atoms with Gasteiger partial charge in [0.05, 0.1) is 17.0 Å². The molecule has 1 fully saturated rings. The molecule has 0 bridgehead atoms. The number of ether oxygens (including phenoxy) is 1. The van der Waals surface area contributed by atoms with Crippen molar-refractivity contribution < 1.29 is 27.5 Å². The minimum Gasteiger partial charge on any atom is -0.427 e. The van der Waals surface area contributed by atoms with Gasteiger partial charge in [-0.05, 0) is 36.4 Å². The van der Waals surface area contributed by atoms with Gasteiger partial charge >= 0.3 is 5.97 Å². The number of rotatable bonds is 7. The van der Waals surface area contributed by atoms with Gasteiger partial charge in [-0.3, -0.25) is 14.4 Å². The maximum atomic E-state index is 13.1. The first-order valence-electron chi connectivity index (χ1n) is 9.08. The van der Waals surface area contributed by atoms with Gasteiger partial charge in [0.15, 0.2) is 0 Å². The molecule has 1 atom stereocenters. The van der Waals surface area contributed by atoms with Crippen molar-refractivity contribution in [3.8, 4) is 5.75 Å². The molecular weight excluding hydrogens is 408 g/mol. The number of anilines is 1. The molecule has 0 aliphatic carbocycles. The van der Waals surface area contributed by atoms with Crippen LogP contribution in [0.3, 0.4) is 0 Å². The molecular formula is C21H20N2O6S. The highest BCUT2D eigenvalue weighted by Gasteiger charge is 2.46. The van der Waals surface area contributed by atoms with Crippen LogP contribution in [0.2, 0.25) is 0 Å². The normalized spacial score (nSPS) is 16.7. The maximum absolute atomic E-state index is 13.1. The minimum atomic E-state index is -4.02. The maximum Gasteiger partial charge on any atom is 0.308 e.